The van der Waals surface area contributed by atoms with E-state index in [9.17, 15) is 13.2 Å². The maximum atomic E-state index is 13.2. The molecule has 0 aliphatic carbocycles. The smallest absolute Gasteiger partial charge is 0.261 e. The normalized spacial score (nSPS) is 12.3. The fraction of sp³-hybridized carbons (Fsp3) is 0.310. The van der Waals surface area contributed by atoms with Gasteiger partial charge in [0, 0.05) is 17.8 Å². The Morgan fingerprint density at radius 1 is 0.976 bits per heavy atom. The Morgan fingerprint density at radius 2 is 1.74 bits per heavy atom. The number of hydrogen-bond acceptors (Lipinski definition) is 7. The van der Waals surface area contributed by atoms with Crippen LogP contribution in [0.15, 0.2) is 76.9 Å². The maximum Gasteiger partial charge on any atom is 0.261 e. The summed E-state index contributed by atoms with van der Waals surface area (Å²) >= 11 is 13.5. The fourth-order valence-electron chi connectivity index (χ4n) is 4.27. The van der Waals surface area contributed by atoms with Crippen molar-refractivity contribution in [3.8, 4) is 11.4 Å². The number of rotatable bonds is 13. The number of hydrogen-bond donors (Lipinski definition) is 2. The number of thioether (sulfide) groups is 1. The van der Waals surface area contributed by atoms with Crippen LogP contribution in [0.2, 0.25) is 10.2 Å². The Bertz CT molecular complexity index is 1650. The van der Waals surface area contributed by atoms with Gasteiger partial charge < -0.3 is 5.32 Å². The number of carbonyl (C=O) groups is 1. The van der Waals surface area contributed by atoms with Gasteiger partial charge in [0.2, 0.25) is 5.91 Å². The van der Waals surface area contributed by atoms with Crippen LogP contribution in [-0.2, 0) is 14.8 Å². The molecule has 13 heteroatoms. The number of aromatic nitrogens is 4. The molecule has 2 aromatic heterocycles. The predicted octanol–water partition coefficient (Wildman–Crippen LogP) is 7.57. The number of anilines is 2. The van der Waals surface area contributed by atoms with E-state index < -0.39 is 10.0 Å². The molecule has 0 bridgehead atoms. The zero-order valence-electron chi connectivity index (χ0n) is 23.4. The van der Waals surface area contributed by atoms with Gasteiger partial charge in [0.1, 0.15) is 0 Å². The lowest BCUT2D eigenvalue weighted by Crippen LogP contribution is -2.16. The first-order chi connectivity index (χ1) is 20.0. The van der Waals surface area contributed by atoms with Crippen molar-refractivity contribution in [2.45, 2.75) is 56.1 Å². The van der Waals surface area contributed by atoms with Gasteiger partial charge in [0.25, 0.3) is 10.0 Å². The van der Waals surface area contributed by atoms with E-state index in [1.807, 2.05) is 4.57 Å². The monoisotopic (exact) mass is 646 g/mol. The fourth-order valence-corrected chi connectivity index (χ4v) is 6.63. The highest BCUT2D eigenvalue weighted by Crippen LogP contribution is 2.32. The molecule has 0 spiro atoms. The molecule has 4 rings (SSSR count). The minimum absolute atomic E-state index is 0.00593. The molecule has 2 aromatic carbocycles. The van der Waals surface area contributed by atoms with Crippen molar-refractivity contribution in [1.82, 2.24) is 19.7 Å². The summed E-state index contributed by atoms with van der Waals surface area (Å²) in [6.45, 7) is 6.45. The molecule has 0 unspecified atom stereocenters. The van der Waals surface area contributed by atoms with Gasteiger partial charge in [-0.1, -0.05) is 85.9 Å². The summed E-state index contributed by atoms with van der Waals surface area (Å²) in [5.74, 6) is 0.886. The molecule has 9 nitrogen and oxygen atoms in total. The van der Waals surface area contributed by atoms with Crippen LogP contribution in [0.3, 0.4) is 0 Å². The quantitative estimate of drug-likeness (QED) is 0.114. The Balaban J connectivity index is 1.61. The third kappa shape index (κ3) is 8.25. The summed E-state index contributed by atoms with van der Waals surface area (Å²) < 4.78 is 31.0. The molecule has 1 amide bonds. The number of halogens is 2. The maximum absolute atomic E-state index is 13.2. The van der Waals surface area contributed by atoms with Crippen molar-refractivity contribution in [3.63, 3.8) is 0 Å². The summed E-state index contributed by atoms with van der Waals surface area (Å²) in [5.41, 5.74) is 1.30. The number of benzene rings is 2. The van der Waals surface area contributed by atoms with Gasteiger partial charge in [0.05, 0.1) is 27.0 Å². The van der Waals surface area contributed by atoms with E-state index in [-0.39, 0.29) is 33.4 Å². The van der Waals surface area contributed by atoms with Crippen molar-refractivity contribution in [2.75, 3.05) is 15.8 Å². The molecule has 0 aliphatic rings. The minimum atomic E-state index is -3.94. The van der Waals surface area contributed by atoms with Gasteiger partial charge in [-0.05, 0) is 55.7 Å². The molecular weight excluding hydrogens is 615 g/mol. The number of nitrogens with zero attached hydrogens (tertiary/aromatic N) is 4. The average Bonchev–Trinajstić information content (AvgIpc) is 3.38. The second kappa shape index (κ2) is 14.4. The molecule has 42 heavy (non-hydrogen) atoms. The van der Waals surface area contributed by atoms with Crippen LogP contribution in [-0.4, -0.2) is 39.8 Å². The summed E-state index contributed by atoms with van der Waals surface area (Å²) in [7, 11) is -3.94. The standard InChI is InChI=1S/C29H32Cl2N6O3S2/c1-19(2)9-6-10-20(3)37-28(34-35-29(37)41-18-26(38)33-25-15-8-16-32-27(25)31)21-11-7-12-22(17-21)42(39,40)36-24-14-5-4-13-23(24)30/h4-5,7-8,11-17,19-20,36H,6,9-10,18H2,1-3H3,(H,33,38)/t20-/m0/s1. The molecule has 4 aromatic rings. The number of para-hydroxylation sites is 1. The average molecular weight is 648 g/mol. The Kier molecular flexibility index (Phi) is 10.9. The van der Waals surface area contributed by atoms with Crippen molar-refractivity contribution in [1.29, 1.82) is 0 Å². The molecule has 0 saturated heterocycles. The lowest BCUT2D eigenvalue weighted by Gasteiger charge is -2.19. The van der Waals surface area contributed by atoms with Crippen molar-refractivity contribution in [3.05, 3.63) is 77.0 Å². The number of nitrogens with one attached hydrogen (secondary N) is 2. The van der Waals surface area contributed by atoms with Gasteiger partial charge in [-0.25, -0.2) is 13.4 Å². The van der Waals surface area contributed by atoms with Crippen LogP contribution in [0, 0.1) is 5.92 Å². The van der Waals surface area contributed by atoms with E-state index in [2.05, 4.69) is 46.0 Å². The number of carbonyl (C=O) groups excluding carboxylic acids is 1. The largest absolute Gasteiger partial charge is 0.323 e. The molecule has 2 N–H and O–H groups in total. The molecule has 0 saturated carbocycles. The van der Waals surface area contributed by atoms with Gasteiger partial charge >= 0.3 is 0 Å². The second-order valence-electron chi connectivity index (χ2n) is 10.1. The minimum Gasteiger partial charge on any atom is -0.323 e. The summed E-state index contributed by atoms with van der Waals surface area (Å²) in [6.07, 6.45) is 4.47. The lowest BCUT2D eigenvalue weighted by molar-refractivity contribution is -0.113. The first kappa shape index (κ1) is 31.8. The molecule has 2 heterocycles. The summed E-state index contributed by atoms with van der Waals surface area (Å²) in [6, 6.07) is 16.5. The SMILES string of the molecule is CC(C)CCC[C@H](C)n1c(SCC(=O)Nc2cccnc2Cl)nnc1-c1cccc(S(=O)(=O)Nc2ccccc2Cl)c1. The zero-order chi connectivity index (χ0) is 30.3. The third-order valence-electron chi connectivity index (χ3n) is 6.39. The topological polar surface area (TPSA) is 119 Å². The molecule has 222 valence electrons. The van der Waals surface area contributed by atoms with Crippen LogP contribution in [0.25, 0.3) is 11.4 Å². The Labute approximate surface area is 260 Å². The van der Waals surface area contributed by atoms with E-state index in [0.717, 1.165) is 19.3 Å². The van der Waals surface area contributed by atoms with Crippen molar-refractivity contribution >= 4 is 62.3 Å². The van der Waals surface area contributed by atoms with Gasteiger partial charge in [-0.15, -0.1) is 10.2 Å². The van der Waals surface area contributed by atoms with E-state index in [4.69, 9.17) is 23.2 Å². The van der Waals surface area contributed by atoms with Crippen LogP contribution >= 0.6 is 35.0 Å². The number of amides is 1. The van der Waals surface area contributed by atoms with Crippen LogP contribution in [0.4, 0.5) is 11.4 Å². The first-order valence-corrected chi connectivity index (χ1v) is 16.6. The van der Waals surface area contributed by atoms with Crippen LogP contribution in [0.1, 0.15) is 46.1 Å². The Hall–Kier alpha value is -3.12. The highest BCUT2D eigenvalue weighted by Gasteiger charge is 2.23. The summed E-state index contributed by atoms with van der Waals surface area (Å²) in [4.78, 5) is 16.8. The van der Waals surface area contributed by atoms with E-state index in [1.165, 1.54) is 17.8 Å². The highest BCUT2D eigenvalue weighted by molar-refractivity contribution is 7.99. The van der Waals surface area contributed by atoms with E-state index in [1.54, 1.807) is 60.8 Å². The highest BCUT2D eigenvalue weighted by atomic mass is 35.5. The van der Waals surface area contributed by atoms with Crippen LogP contribution < -0.4 is 10.0 Å². The van der Waals surface area contributed by atoms with E-state index >= 15 is 0 Å². The third-order valence-corrected chi connectivity index (χ3v) is 9.33. The van der Waals surface area contributed by atoms with Crippen molar-refractivity contribution < 1.29 is 13.2 Å². The Morgan fingerprint density at radius 3 is 2.48 bits per heavy atom. The number of sulfonamides is 1. The van der Waals surface area contributed by atoms with E-state index in [0.29, 0.717) is 33.2 Å². The van der Waals surface area contributed by atoms with Crippen LogP contribution in [0.5, 0.6) is 0 Å². The summed E-state index contributed by atoms with van der Waals surface area (Å²) in [5, 5.41) is 12.7. The van der Waals surface area contributed by atoms with Crippen molar-refractivity contribution in [2.24, 2.45) is 5.92 Å². The second-order valence-corrected chi connectivity index (χ2v) is 13.5. The van der Waals surface area contributed by atoms with Gasteiger partial charge in [-0.2, -0.15) is 0 Å². The molecule has 1 atom stereocenters. The predicted molar refractivity (Wildman–Crippen MR) is 170 cm³/mol. The molecule has 0 aliphatic heterocycles. The number of pyridine rings is 1. The zero-order valence-corrected chi connectivity index (χ0v) is 26.6. The molecule has 0 radical (unpaired) electrons. The molecular formula is C29H32Cl2N6O3S2. The first-order valence-electron chi connectivity index (χ1n) is 13.4. The van der Waals surface area contributed by atoms with Gasteiger partial charge in [0.15, 0.2) is 16.1 Å². The van der Waals surface area contributed by atoms with Gasteiger partial charge in [-0.3, -0.25) is 14.1 Å². The lowest BCUT2D eigenvalue weighted by atomic mass is 10.0. The molecule has 0 fully saturated rings.